The Balaban J connectivity index is 2.08. The van der Waals surface area contributed by atoms with Crippen molar-refractivity contribution in [3.63, 3.8) is 0 Å². The summed E-state index contributed by atoms with van der Waals surface area (Å²) in [7, 11) is -3.38. The Morgan fingerprint density at radius 2 is 2.00 bits per heavy atom. The first-order valence-corrected chi connectivity index (χ1v) is 9.76. The summed E-state index contributed by atoms with van der Waals surface area (Å²) in [6.07, 6.45) is 4.29. The van der Waals surface area contributed by atoms with Crippen molar-refractivity contribution in [2.45, 2.75) is 13.0 Å². The lowest BCUT2D eigenvalue weighted by Crippen LogP contribution is -2.25. The molecule has 1 aromatic heterocycles. The minimum atomic E-state index is -3.38. The SMILES string of the molecule is CC(NC(=O)/C=C/c1ccsc1)c1ccccc1NS(C)(=O)=O. The van der Waals surface area contributed by atoms with Gasteiger partial charge in [0.15, 0.2) is 0 Å². The minimum absolute atomic E-state index is 0.238. The average Bonchev–Trinajstić information content (AvgIpc) is 2.97. The summed E-state index contributed by atoms with van der Waals surface area (Å²) in [4.78, 5) is 12.0. The Kier molecular flexibility index (Phi) is 5.57. The predicted octanol–water partition coefficient (Wildman–Crippen LogP) is 3.01. The summed E-state index contributed by atoms with van der Waals surface area (Å²) >= 11 is 1.56. The third-order valence-corrected chi connectivity index (χ3v) is 4.34. The molecule has 2 aromatic rings. The van der Waals surface area contributed by atoms with Crippen LogP contribution in [0.4, 0.5) is 5.69 Å². The van der Waals surface area contributed by atoms with E-state index in [1.54, 1.807) is 48.6 Å². The van der Waals surface area contributed by atoms with Crippen LogP contribution in [0.3, 0.4) is 0 Å². The molecule has 1 atom stereocenters. The molecule has 1 unspecified atom stereocenters. The lowest BCUT2D eigenvalue weighted by Gasteiger charge is -2.17. The quantitative estimate of drug-likeness (QED) is 0.787. The Labute approximate surface area is 140 Å². The van der Waals surface area contributed by atoms with Crippen LogP contribution in [0.25, 0.3) is 6.08 Å². The molecule has 0 saturated carbocycles. The van der Waals surface area contributed by atoms with Crippen LogP contribution in [-0.4, -0.2) is 20.6 Å². The second-order valence-electron chi connectivity index (χ2n) is 5.08. The van der Waals surface area contributed by atoms with Crippen molar-refractivity contribution in [1.29, 1.82) is 0 Å². The Morgan fingerprint density at radius 1 is 1.26 bits per heavy atom. The molecule has 0 aliphatic heterocycles. The molecule has 2 N–H and O–H groups in total. The van der Waals surface area contributed by atoms with Crippen molar-refractivity contribution >= 4 is 39.0 Å². The molecule has 122 valence electrons. The third-order valence-electron chi connectivity index (χ3n) is 3.05. The smallest absolute Gasteiger partial charge is 0.244 e. The molecular weight excluding hydrogens is 332 g/mol. The second kappa shape index (κ2) is 7.43. The number of benzene rings is 1. The van der Waals surface area contributed by atoms with E-state index in [2.05, 4.69) is 10.0 Å². The van der Waals surface area contributed by atoms with E-state index in [0.717, 1.165) is 11.8 Å². The largest absolute Gasteiger partial charge is 0.346 e. The van der Waals surface area contributed by atoms with E-state index >= 15 is 0 Å². The van der Waals surface area contributed by atoms with Gasteiger partial charge in [0.25, 0.3) is 0 Å². The van der Waals surface area contributed by atoms with Gasteiger partial charge in [0.1, 0.15) is 0 Å². The Bertz CT molecular complexity index is 796. The van der Waals surface area contributed by atoms with Crippen LogP contribution < -0.4 is 10.0 Å². The van der Waals surface area contributed by atoms with Crippen molar-refractivity contribution in [2.24, 2.45) is 0 Å². The van der Waals surface area contributed by atoms with Crippen LogP contribution in [0.1, 0.15) is 24.1 Å². The van der Waals surface area contributed by atoms with E-state index in [9.17, 15) is 13.2 Å². The standard InChI is InChI=1S/C16H18N2O3S2/c1-12(17-16(19)8-7-13-9-10-22-11-13)14-5-3-4-6-15(14)18-23(2,20)21/h3-12,18H,1-2H3,(H,17,19)/b8-7+. The van der Waals surface area contributed by atoms with Crippen molar-refractivity contribution in [3.8, 4) is 0 Å². The number of carbonyl (C=O) groups excluding carboxylic acids is 1. The minimum Gasteiger partial charge on any atom is -0.346 e. The highest BCUT2D eigenvalue weighted by Gasteiger charge is 2.14. The first kappa shape index (κ1) is 17.2. The summed E-state index contributed by atoms with van der Waals surface area (Å²) in [6.45, 7) is 1.80. The molecule has 1 amide bonds. The van der Waals surface area contributed by atoms with Gasteiger partial charge in [0.05, 0.1) is 18.0 Å². The first-order valence-electron chi connectivity index (χ1n) is 6.92. The molecule has 0 aliphatic rings. The first-order chi connectivity index (χ1) is 10.8. The normalized spacial score (nSPS) is 13.0. The molecule has 5 nitrogen and oxygen atoms in total. The number of para-hydroxylation sites is 1. The zero-order chi connectivity index (χ0) is 16.9. The number of thiophene rings is 1. The fourth-order valence-electron chi connectivity index (χ4n) is 2.05. The maximum atomic E-state index is 12.0. The van der Waals surface area contributed by atoms with Gasteiger partial charge >= 0.3 is 0 Å². The van der Waals surface area contributed by atoms with Crippen molar-refractivity contribution in [1.82, 2.24) is 5.32 Å². The lowest BCUT2D eigenvalue weighted by molar-refractivity contribution is -0.117. The average molecular weight is 350 g/mol. The fourth-order valence-corrected chi connectivity index (χ4v) is 3.26. The number of carbonyl (C=O) groups is 1. The van der Waals surface area contributed by atoms with E-state index in [1.165, 1.54) is 6.08 Å². The maximum absolute atomic E-state index is 12.0. The number of hydrogen-bond donors (Lipinski definition) is 2. The van der Waals surface area contributed by atoms with Crippen LogP contribution in [-0.2, 0) is 14.8 Å². The highest BCUT2D eigenvalue weighted by Crippen LogP contribution is 2.23. The van der Waals surface area contributed by atoms with Crippen LogP contribution in [0.2, 0.25) is 0 Å². The van der Waals surface area contributed by atoms with Gasteiger partial charge in [0.2, 0.25) is 15.9 Å². The van der Waals surface area contributed by atoms with Gasteiger partial charge in [-0.1, -0.05) is 18.2 Å². The molecular formula is C16H18N2O3S2. The van der Waals surface area contributed by atoms with Crippen LogP contribution in [0, 0.1) is 0 Å². The molecule has 1 heterocycles. The summed E-state index contributed by atoms with van der Waals surface area (Å²) in [5.41, 5.74) is 2.14. The van der Waals surface area contributed by atoms with E-state index in [-0.39, 0.29) is 11.9 Å². The summed E-state index contributed by atoms with van der Waals surface area (Å²) in [5, 5.41) is 6.71. The van der Waals surface area contributed by atoms with Gasteiger partial charge < -0.3 is 5.32 Å². The molecule has 23 heavy (non-hydrogen) atoms. The lowest BCUT2D eigenvalue weighted by atomic mass is 10.1. The van der Waals surface area contributed by atoms with Crippen LogP contribution >= 0.6 is 11.3 Å². The van der Waals surface area contributed by atoms with Crippen LogP contribution in [0.5, 0.6) is 0 Å². The maximum Gasteiger partial charge on any atom is 0.244 e. The van der Waals surface area contributed by atoms with Crippen molar-refractivity contribution < 1.29 is 13.2 Å². The topological polar surface area (TPSA) is 75.3 Å². The second-order valence-corrected chi connectivity index (χ2v) is 7.61. The monoisotopic (exact) mass is 350 g/mol. The zero-order valence-electron chi connectivity index (χ0n) is 12.8. The highest BCUT2D eigenvalue weighted by atomic mass is 32.2. The zero-order valence-corrected chi connectivity index (χ0v) is 14.4. The molecule has 1 aromatic carbocycles. The summed E-state index contributed by atoms with van der Waals surface area (Å²) in [6, 6.07) is 8.57. The summed E-state index contributed by atoms with van der Waals surface area (Å²) in [5.74, 6) is -0.238. The molecule has 2 rings (SSSR count). The van der Waals surface area contributed by atoms with Gasteiger partial charge in [-0.15, -0.1) is 0 Å². The van der Waals surface area contributed by atoms with Gasteiger partial charge in [-0.3, -0.25) is 9.52 Å². The van der Waals surface area contributed by atoms with E-state index in [1.807, 2.05) is 16.8 Å². The number of amides is 1. The Hall–Kier alpha value is -2.12. The van der Waals surface area contributed by atoms with Crippen LogP contribution in [0.15, 0.2) is 47.2 Å². The number of nitrogens with one attached hydrogen (secondary N) is 2. The molecule has 0 spiro atoms. The Morgan fingerprint density at radius 3 is 2.65 bits per heavy atom. The number of sulfonamides is 1. The third kappa shape index (κ3) is 5.54. The number of rotatable bonds is 6. The van der Waals surface area contributed by atoms with E-state index in [0.29, 0.717) is 11.3 Å². The van der Waals surface area contributed by atoms with Crippen molar-refractivity contribution in [3.05, 3.63) is 58.3 Å². The molecule has 0 saturated heterocycles. The molecule has 0 radical (unpaired) electrons. The fraction of sp³-hybridized carbons (Fsp3) is 0.188. The number of anilines is 1. The van der Waals surface area contributed by atoms with Gasteiger partial charge in [0, 0.05) is 6.08 Å². The summed E-state index contributed by atoms with van der Waals surface area (Å²) < 4.78 is 25.3. The molecule has 7 heteroatoms. The van der Waals surface area contributed by atoms with Gasteiger partial charge in [-0.05, 0) is 47.0 Å². The molecule has 0 aliphatic carbocycles. The van der Waals surface area contributed by atoms with Gasteiger partial charge in [-0.25, -0.2) is 8.42 Å². The highest BCUT2D eigenvalue weighted by molar-refractivity contribution is 7.92. The molecule has 0 bridgehead atoms. The van der Waals surface area contributed by atoms with Crippen molar-refractivity contribution in [2.75, 3.05) is 11.0 Å². The predicted molar refractivity (Wildman–Crippen MR) is 94.8 cm³/mol. The van der Waals surface area contributed by atoms with Gasteiger partial charge in [-0.2, -0.15) is 11.3 Å². The number of hydrogen-bond acceptors (Lipinski definition) is 4. The van der Waals surface area contributed by atoms with E-state index in [4.69, 9.17) is 0 Å². The van der Waals surface area contributed by atoms with E-state index < -0.39 is 10.0 Å². The molecule has 0 fully saturated rings.